The fourth-order valence-corrected chi connectivity index (χ4v) is 3.02. The van der Waals surface area contributed by atoms with Gasteiger partial charge in [-0.25, -0.2) is 0 Å². The summed E-state index contributed by atoms with van der Waals surface area (Å²) in [5, 5.41) is 8.66. The van der Waals surface area contributed by atoms with Crippen LogP contribution in [-0.4, -0.2) is 14.8 Å². The number of aromatic nitrogens is 3. The average Bonchev–Trinajstić information content (AvgIpc) is 2.60. The van der Waals surface area contributed by atoms with E-state index in [1.807, 2.05) is 0 Å². The molecule has 0 aliphatic rings. The highest BCUT2D eigenvalue weighted by molar-refractivity contribution is 9.11. The highest BCUT2D eigenvalue weighted by Crippen LogP contribution is 2.15. The zero-order chi connectivity index (χ0) is 11.7. The molecule has 16 heavy (non-hydrogen) atoms. The molecule has 2 heterocycles. The Morgan fingerprint density at radius 3 is 2.81 bits per heavy atom. The van der Waals surface area contributed by atoms with Crippen molar-refractivity contribution in [2.45, 2.75) is 6.54 Å². The zero-order valence-electron chi connectivity index (χ0n) is 7.85. The van der Waals surface area contributed by atoms with Crippen LogP contribution >= 0.6 is 43.2 Å². The molecular formula is C8H6Br2N4OS. The third-order valence-corrected chi connectivity index (χ3v) is 3.54. The van der Waals surface area contributed by atoms with Gasteiger partial charge in [0.2, 0.25) is 5.13 Å². The quantitative estimate of drug-likeness (QED) is 0.881. The lowest BCUT2D eigenvalue weighted by atomic mass is 10.4. The van der Waals surface area contributed by atoms with Crippen molar-refractivity contribution >= 4 is 48.3 Å². The molecule has 0 unspecified atom stereocenters. The first-order chi connectivity index (χ1) is 7.56. The second-order valence-electron chi connectivity index (χ2n) is 2.97. The SMILES string of the molecule is Nc1nnc(Cn2cc(Br)cc(Br)c2=O)s1. The van der Waals surface area contributed by atoms with Crippen molar-refractivity contribution in [2.75, 3.05) is 5.73 Å². The first kappa shape index (κ1) is 11.7. The normalized spacial score (nSPS) is 10.6. The number of rotatable bonds is 2. The summed E-state index contributed by atoms with van der Waals surface area (Å²) in [4.78, 5) is 11.8. The number of nitrogen functional groups attached to an aromatic ring is 1. The van der Waals surface area contributed by atoms with E-state index in [1.165, 1.54) is 15.9 Å². The molecule has 5 nitrogen and oxygen atoms in total. The first-order valence-corrected chi connectivity index (χ1v) is 6.60. The Hall–Kier alpha value is -0.730. The largest absolute Gasteiger partial charge is 0.374 e. The molecular weight excluding hydrogens is 360 g/mol. The smallest absolute Gasteiger partial charge is 0.265 e. The van der Waals surface area contributed by atoms with Gasteiger partial charge in [-0.1, -0.05) is 11.3 Å². The molecule has 0 atom stereocenters. The summed E-state index contributed by atoms with van der Waals surface area (Å²) in [6.45, 7) is 0.367. The van der Waals surface area contributed by atoms with Crippen LogP contribution in [0.25, 0.3) is 0 Å². The molecule has 0 aromatic carbocycles. The minimum absolute atomic E-state index is 0.114. The zero-order valence-corrected chi connectivity index (χ0v) is 11.8. The fourth-order valence-electron chi connectivity index (χ4n) is 1.16. The van der Waals surface area contributed by atoms with Gasteiger partial charge in [-0.3, -0.25) is 4.79 Å². The number of anilines is 1. The van der Waals surface area contributed by atoms with Crippen molar-refractivity contribution in [3.05, 3.63) is 36.6 Å². The molecule has 0 fully saturated rings. The van der Waals surface area contributed by atoms with Gasteiger partial charge >= 0.3 is 0 Å². The third-order valence-electron chi connectivity index (χ3n) is 1.80. The van der Waals surface area contributed by atoms with E-state index in [9.17, 15) is 4.79 Å². The summed E-state index contributed by atoms with van der Waals surface area (Å²) in [6.07, 6.45) is 1.70. The van der Waals surface area contributed by atoms with E-state index in [0.717, 1.165) is 4.47 Å². The maximum absolute atomic E-state index is 11.8. The van der Waals surface area contributed by atoms with Gasteiger partial charge in [-0.15, -0.1) is 10.2 Å². The van der Waals surface area contributed by atoms with Crippen LogP contribution in [0.15, 0.2) is 26.0 Å². The number of nitrogens with two attached hydrogens (primary N) is 1. The van der Waals surface area contributed by atoms with Crippen molar-refractivity contribution in [2.24, 2.45) is 0 Å². The number of hydrogen-bond acceptors (Lipinski definition) is 5. The van der Waals surface area contributed by atoms with Gasteiger partial charge in [0.05, 0.1) is 11.0 Å². The molecule has 8 heteroatoms. The minimum atomic E-state index is -0.114. The Morgan fingerprint density at radius 2 is 2.19 bits per heavy atom. The van der Waals surface area contributed by atoms with E-state index in [2.05, 4.69) is 42.1 Å². The number of pyridine rings is 1. The Kier molecular flexibility index (Phi) is 3.41. The van der Waals surface area contributed by atoms with Gasteiger partial charge in [0.25, 0.3) is 5.56 Å². The molecule has 2 aromatic rings. The van der Waals surface area contributed by atoms with E-state index >= 15 is 0 Å². The molecule has 0 radical (unpaired) electrons. The average molecular weight is 366 g/mol. The topological polar surface area (TPSA) is 73.8 Å². The molecule has 0 bridgehead atoms. The number of halogens is 2. The van der Waals surface area contributed by atoms with Crippen molar-refractivity contribution < 1.29 is 0 Å². The van der Waals surface area contributed by atoms with Crippen molar-refractivity contribution in [1.29, 1.82) is 0 Å². The van der Waals surface area contributed by atoms with Crippen LogP contribution in [0.4, 0.5) is 5.13 Å². The van der Waals surface area contributed by atoms with Crippen LogP contribution in [0.5, 0.6) is 0 Å². The molecule has 2 rings (SSSR count). The highest BCUT2D eigenvalue weighted by atomic mass is 79.9. The third kappa shape index (κ3) is 2.50. The minimum Gasteiger partial charge on any atom is -0.374 e. The Morgan fingerprint density at radius 1 is 1.44 bits per heavy atom. The van der Waals surface area contributed by atoms with Gasteiger partial charge in [-0.05, 0) is 37.9 Å². The molecule has 0 aliphatic carbocycles. The van der Waals surface area contributed by atoms with Gasteiger partial charge in [0.15, 0.2) is 0 Å². The summed E-state index contributed by atoms with van der Waals surface area (Å²) in [5.74, 6) is 0. The van der Waals surface area contributed by atoms with Crippen molar-refractivity contribution in [1.82, 2.24) is 14.8 Å². The molecule has 0 saturated carbocycles. The molecule has 0 amide bonds. The summed E-state index contributed by atoms with van der Waals surface area (Å²) in [7, 11) is 0. The van der Waals surface area contributed by atoms with Gasteiger partial charge in [0, 0.05) is 10.7 Å². The van der Waals surface area contributed by atoms with Gasteiger partial charge < -0.3 is 10.3 Å². The van der Waals surface area contributed by atoms with E-state index in [0.29, 0.717) is 21.2 Å². The van der Waals surface area contributed by atoms with Crippen molar-refractivity contribution in [3.63, 3.8) is 0 Å². The van der Waals surface area contributed by atoms with E-state index < -0.39 is 0 Å². The molecule has 2 aromatic heterocycles. The summed E-state index contributed by atoms with van der Waals surface area (Å²) in [6, 6.07) is 1.70. The maximum atomic E-state index is 11.8. The summed E-state index contributed by atoms with van der Waals surface area (Å²) < 4.78 is 2.85. The second kappa shape index (κ2) is 4.64. The van der Waals surface area contributed by atoms with E-state index in [4.69, 9.17) is 5.73 Å². The number of nitrogens with zero attached hydrogens (tertiary/aromatic N) is 3. The monoisotopic (exact) mass is 364 g/mol. The molecule has 2 N–H and O–H groups in total. The van der Waals surface area contributed by atoms with Crippen LogP contribution in [0, 0.1) is 0 Å². The molecule has 0 spiro atoms. The Balaban J connectivity index is 2.38. The lowest BCUT2D eigenvalue weighted by Crippen LogP contribution is -2.20. The summed E-state index contributed by atoms with van der Waals surface area (Å²) in [5.41, 5.74) is 5.36. The predicted octanol–water partition coefficient (Wildman–Crippen LogP) is 1.86. The number of hydrogen-bond donors (Lipinski definition) is 1. The van der Waals surface area contributed by atoms with E-state index in [1.54, 1.807) is 12.3 Å². The lowest BCUT2D eigenvalue weighted by Gasteiger charge is -2.03. The molecule has 0 aliphatic heterocycles. The van der Waals surface area contributed by atoms with Crippen LogP contribution in [0.3, 0.4) is 0 Å². The van der Waals surface area contributed by atoms with Crippen molar-refractivity contribution in [3.8, 4) is 0 Å². The highest BCUT2D eigenvalue weighted by Gasteiger charge is 2.07. The maximum Gasteiger partial charge on any atom is 0.265 e. The first-order valence-electron chi connectivity index (χ1n) is 4.19. The van der Waals surface area contributed by atoms with Crippen LogP contribution in [-0.2, 0) is 6.54 Å². The summed E-state index contributed by atoms with van der Waals surface area (Å²) >= 11 is 7.78. The van der Waals surface area contributed by atoms with Crippen LogP contribution in [0.2, 0.25) is 0 Å². The lowest BCUT2D eigenvalue weighted by molar-refractivity contribution is 0.737. The Bertz CT molecular complexity index is 580. The Labute approximate surface area is 112 Å². The molecule has 84 valence electrons. The standard InChI is InChI=1S/C8H6Br2N4OS/c9-4-1-5(10)7(15)14(2-4)3-6-12-13-8(11)16-6/h1-2H,3H2,(H2,11,13). The van der Waals surface area contributed by atoms with Gasteiger partial charge in [-0.2, -0.15) is 0 Å². The van der Waals surface area contributed by atoms with Gasteiger partial charge in [0.1, 0.15) is 5.01 Å². The fraction of sp³-hybridized carbons (Fsp3) is 0.125. The molecule has 0 saturated heterocycles. The van der Waals surface area contributed by atoms with Crippen LogP contribution < -0.4 is 11.3 Å². The van der Waals surface area contributed by atoms with E-state index in [-0.39, 0.29) is 5.56 Å². The van der Waals surface area contributed by atoms with Crippen LogP contribution in [0.1, 0.15) is 5.01 Å². The predicted molar refractivity (Wildman–Crippen MR) is 69.5 cm³/mol. The second-order valence-corrected chi connectivity index (χ2v) is 5.84.